The molecule has 5 heteroatoms. The van der Waals surface area contributed by atoms with Crippen molar-refractivity contribution in [3.05, 3.63) is 63.7 Å². The molecule has 0 spiro atoms. The second-order valence-corrected chi connectivity index (χ2v) is 7.28. The molecule has 1 atom stereocenters. The van der Waals surface area contributed by atoms with Gasteiger partial charge in [0.25, 0.3) is 0 Å². The van der Waals surface area contributed by atoms with Gasteiger partial charge in [-0.15, -0.1) is 0 Å². The number of aryl methyl sites for hydroxylation is 3. The van der Waals surface area contributed by atoms with E-state index in [1.165, 1.54) is 24.0 Å². The molecule has 2 aromatic rings. The minimum atomic E-state index is -0.694. The lowest BCUT2D eigenvalue weighted by Gasteiger charge is -2.20. The summed E-state index contributed by atoms with van der Waals surface area (Å²) in [5.74, 6) is -1.35. The van der Waals surface area contributed by atoms with Crippen molar-refractivity contribution < 1.29 is 9.59 Å². The van der Waals surface area contributed by atoms with Crippen LogP contribution in [-0.2, 0) is 22.4 Å². The Morgan fingerprint density at radius 1 is 1.00 bits per heavy atom. The summed E-state index contributed by atoms with van der Waals surface area (Å²) in [7, 11) is 0. The highest BCUT2D eigenvalue weighted by atomic mass is 35.5. The third kappa shape index (κ3) is 4.25. The fourth-order valence-corrected chi connectivity index (χ4v) is 3.45. The Labute approximate surface area is 158 Å². The molecular formula is C21H23ClN2O2. The number of amides is 2. The summed E-state index contributed by atoms with van der Waals surface area (Å²) in [6.45, 7) is 3.74. The predicted molar refractivity (Wildman–Crippen MR) is 104 cm³/mol. The lowest BCUT2D eigenvalue weighted by molar-refractivity contribution is -0.136. The summed E-state index contributed by atoms with van der Waals surface area (Å²) >= 11 is 5.95. The molecule has 1 aliphatic rings. The van der Waals surface area contributed by atoms with Crippen LogP contribution in [0.4, 0.5) is 5.69 Å². The number of rotatable bonds is 3. The van der Waals surface area contributed by atoms with Crippen LogP contribution in [0.15, 0.2) is 36.4 Å². The van der Waals surface area contributed by atoms with E-state index < -0.39 is 11.8 Å². The molecule has 0 fully saturated rings. The van der Waals surface area contributed by atoms with Gasteiger partial charge in [0.15, 0.2) is 0 Å². The maximum Gasteiger partial charge on any atom is 0.313 e. The Balaban J connectivity index is 1.65. The van der Waals surface area contributed by atoms with E-state index in [2.05, 4.69) is 22.8 Å². The molecule has 26 heavy (non-hydrogen) atoms. The minimum absolute atomic E-state index is 0.235. The quantitative estimate of drug-likeness (QED) is 0.789. The Morgan fingerprint density at radius 3 is 2.50 bits per heavy atom. The fourth-order valence-electron chi connectivity index (χ4n) is 3.28. The van der Waals surface area contributed by atoms with Crippen LogP contribution in [-0.4, -0.2) is 11.8 Å². The van der Waals surface area contributed by atoms with Gasteiger partial charge in [0.05, 0.1) is 6.04 Å². The molecule has 1 unspecified atom stereocenters. The van der Waals surface area contributed by atoms with E-state index in [1.54, 1.807) is 18.2 Å². The summed E-state index contributed by atoms with van der Waals surface area (Å²) in [6.07, 6.45) is 4.65. The molecule has 2 N–H and O–H groups in total. The highest BCUT2D eigenvalue weighted by molar-refractivity contribution is 6.40. The Morgan fingerprint density at radius 2 is 1.73 bits per heavy atom. The summed E-state index contributed by atoms with van der Waals surface area (Å²) in [5.41, 5.74) is 5.16. The van der Waals surface area contributed by atoms with Crippen LogP contribution >= 0.6 is 11.6 Å². The molecule has 1 aliphatic carbocycles. The second kappa shape index (κ2) is 7.92. The van der Waals surface area contributed by atoms with Crippen LogP contribution in [0.1, 0.15) is 48.1 Å². The van der Waals surface area contributed by atoms with Crippen LogP contribution < -0.4 is 10.6 Å². The highest BCUT2D eigenvalue weighted by Crippen LogP contribution is 2.25. The van der Waals surface area contributed by atoms with Gasteiger partial charge in [0.2, 0.25) is 0 Å². The maximum absolute atomic E-state index is 12.3. The van der Waals surface area contributed by atoms with E-state index in [9.17, 15) is 9.59 Å². The first-order valence-electron chi connectivity index (χ1n) is 8.94. The zero-order valence-electron chi connectivity index (χ0n) is 15.1. The molecule has 0 heterocycles. The standard InChI is InChI=1S/C21H23ClN2O2/c1-13-7-10-18(22)12-19(13)24-21(26)20(25)23-14(2)16-9-8-15-5-3-4-6-17(15)11-16/h7-12,14H,3-6H2,1-2H3,(H,23,25)(H,24,26). The molecular weight excluding hydrogens is 348 g/mol. The monoisotopic (exact) mass is 370 g/mol. The number of halogens is 1. The number of carbonyl (C=O) groups excluding carboxylic acids is 2. The van der Waals surface area contributed by atoms with Crippen molar-refractivity contribution in [2.24, 2.45) is 0 Å². The minimum Gasteiger partial charge on any atom is -0.341 e. The molecule has 2 aromatic carbocycles. The van der Waals surface area contributed by atoms with E-state index in [1.807, 2.05) is 19.9 Å². The van der Waals surface area contributed by atoms with E-state index in [0.29, 0.717) is 10.7 Å². The molecule has 3 rings (SSSR count). The average Bonchev–Trinajstić information content (AvgIpc) is 2.64. The third-order valence-corrected chi connectivity index (χ3v) is 5.11. The lowest BCUT2D eigenvalue weighted by atomic mass is 9.89. The van der Waals surface area contributed by atoms with Crippen molar-refractivity contribution >= 4 is 29.1 Å². The number of carbonyl (C=O) groups is 2. The van der Waals surface area contributed by atoms with Gasteiger partial charge in [-0.1, -0.05) is 35.9 Å². The van der Waals surface area contributed by atoms with Crippen LogP contribution in [0, 0.1) is 6.92 Å². The largest absolute Gasteiger partial charge is 0.341 e. The van der Waals surface area contributed by atoms with Gasteiger partial charge in [0.1, 0.15) is 0 Å². The highest BCUT2D eigenvalue weighted by Gasteiger charge is 2.19. The van der Waals surface area contributed by atoms with Crippen molar-refractivity contribution in [1.82, 2.24) is 5.32 Å². The van der Waals surface area contributed by atoms with Crippen LogP contribution in [0.2, 0.25) is 5.02 Å². The van der Waals surface area contributed by atoms with E-state index in [0.717, 1.165) is 24.0 Å². The summed E-state index contributed by atoms with van der Waals surface area (Å²) in [4.78, 5) is 24.5. The molecule has 0 aliphatic heterocycles. The van der Waals surface area contributed by atoms with Gasteiger partial charge in [-0.2, -0.15) is 0 Å². The van der Waals surface area contributed by atoms with Gasteiger partial charge in [-0.25, -0.2) is 0 Å². The molecule has 0 aromatic heterocycles. The Kier molecular flexibility index (Phi) is 5.62. The first-order valence-corrected chi connectivity index (χ1v) is 9.31. The SMILES string of the molecule is Cc1ccc(Cl)cc1NC(=O)C(=O)NC(C)c1ccc2c(c1)CCCC2. The Bertz CT molecular complexity index is 848. The molecule has 4 nitrogen and oxygen atoms in total. The summed E-state index contributed by atoms with van der Waals surface area (Å²) in [5, 5.41) is 5.90. The number of benzene rings is 2. The number of nitrogens with one attached hydrogen (secondary N) is 2. The summed E-state index contributed by atoms with van der Waals surface area (Å²) < 4.78 is 0. The van der Waals surface area contributed by atoms with Crippen molar-refractivity contribution in [3.63, 3.8) is 0 Å². The van der Waals surface area contributed by atoms with Crippen LogP contribution in [0.3, 0.4) is 0 Å². The molecule has 0 bridgehead atoms. The van der Waals surface area contributed by atoms with Crippen molar-refractivity contribution in [2.75, 3.05) is 5.32 Å². The average molecular weight is 371 g/mol. The van der Waals surface area contributed by atoms with Gasteiger partial charge < -0.3 is 10.6 Å². The summed E-state index contributed by atoms with van der Waals surface area (Å²) in [6, 6.07) is 11.3. The van der Waals surface area contributed by atoms with E-state index >= 15 is 0 Å². The van der Waals surface area contributed by atoms with Gasteiger partial charge >= 0.3 is 11.8 Å². The number of hydrogen-bond acceptors (Lipinski definition) is 2. The molecule has 0 radical (unpaired) electrons. The Hall–Kier alpha value is -2.33. The number of fused-ring (bicyclic) bond motifs is 1. The molecule has 0 saturated heterocycles. The normalized spacial score (nSPS) is 14.3. The van der Waals surface area contributed by atoms with Crippen LogP contribution in [0.25, 0.3) is 0 Å². The van der Waals surface area contributed by atoms with Gasteiger partial charge in [-0.05, 0) is 73.9 Å². The zero-order valence-corrected chi connectivity index (χ0v) is 15.8. The first-order chi connectivity index (χ1) is 12.4. The van der Waals surface area contributed by atoms with Gasteiger partial charge in [-0.3, -0.25) is 9.59 Å². The third-order valence-electron chi connectivity index (χ3n) is 4.87. The number of anilines is 1. The molecule has 0 saturated carbocycles. The van der Waals surface area contributed by atoms with Crippen molar-refractivity contribution in [1.29, 1.82) is 0 Å². The van der Waals surface area contributed by atoms with E-state index in [4.69, 9.17) is 11.6 Å². The topological polar surface area (TPSA) is 58.2 Å². The lowest BCUT2D eigenvalue weighted by Crippen LogP contribution is -2.37. The van der Waals surface area contributed by atoms with Crippen molar-refractivity contribution in [3.8, 4) is 0 Å². The molecule has 2 amide bonds. The first kappa shape index (κ1) is 18.5. The maximum atomic E-state index is 12.3. The smallest absolute Gasteiger partial charge is 0.313 e. The molecule has 136 valence electrons. The fraction of sp³-hybridized carbons (Fsp3) is 0.333. The van der Waals surface area contributed by atoms with E-state index in [-0.39, 0.29) is 6.04 Å². The van der Waals surface area contributed by atoms with Gasteiger partial charge in [0, 0.05) is 10.7 Å². The second-order valence-electron chi connectivity index (χ2n) is 6.84. The zero-order chi connectivity index (χ0) is 18.7. The number of hydrogen-bond donors (Lipinski definition) is 2. The van der Waals surface area contributed by atoms with Crippen LogP contribution in [0.5, 0.6) is 0 Å². The van der Waals surface area contributed by atoms with Crippen molar-refractivity contribution in [2.45, 2.75) is 45.6 Å². The predicted octanol–water partition coefficient (Wildman–Crippen LogP) is 4.34.